The lowest BCUT2D eigenvalue weighted by Gasteiger charge is -2.34. The van der Waals surface area contributed by atoms with E-state index in [1.54, 1.807) is 0 Å². The molecule has 118 valence electrons. The number of hydrogen-bond acceptors (Lipinski definition) is 3. The van der Waals surface area contributed by atoms with E-state index >= 15 is 0 Å². The molecule has 0 radical (unpaired) electrons. The molecule has 2 rings (SSSR count). The maximum Gasteiger partial charge on any atom is 0.246 e. The molecule has 0 aromatic heterocycles. The summed E-state index contributed by atoms with van der Waals surface area (Å²) < 4.78 is 53.4. The van der Waals surface area contributed by atoms with Crippen LogP contribution in [0.5, 0.6) is 0 Å². The summed E-state index contributed by atoms with van der Waals surface area (Å²) in [6.07, 6.45) is 2.45. The molecule has 1 aliphatic rings. The Morgan fingerprint density at radius 3 is 2.76 bits per heavy atom. The summed E-state index contributed by atoms with van der Waals surface area (Å²) in [6.45, 7) is 3.60. The Labute approximate surface area is 124 Å². The van der Waals surface area contributed by atoms with Gasteiger partial charge < -0.3 is 5.32 Å². The maximum absolute atomic E-state index is 13.8. The van der Waals surface area contributed by atoms with Gasteiger partial charge in [0.25, 0.3) is 0 Å². The highest BCUT2D eigenvalue weighted by Gasteiger charge is 2.34. The first-order valence-corrected chi connectivity index (χ1v) is 8.58. The van der Waals surface area contributed by atoms with E-state index in [0.29, 0.717) is 19.2 Å². The van der Waals surface area contributed by atoms with Crippen molar-refractivity contribution in [2.24, 2.45) is 0 Å². The number of sulfonamides is 1. The van der Waals surface area contributed by atoms with Crippen LogP contribution in [-0.2, 0) is 10.0 Å². The number of nitrogens with zero attached hydrogens (tertiary/aromatic N) is 1. The first kappa shape index (κ1) is 16.3. The third kappa shape index (κ3) is 3.59. The highest BCUT2D eigenvalue weighted by atomic mass is 32.2. The van der Waals surface area contributed by atoms with Gasteiger partial charge in [0.1, 0.15) is 16.5 Å². The number of piperidine rings is 1. The topological polar surface area (TPSA) is 49.4 Å². The molecule has 0 amide bonds. The molecule has 1 aromatic rings. The van der Waals surface area contributed by atoms with Crippen LogP contribution in [0, 0.1) is 11.6 Å². The van der Waals surface area contributed by atoms with Gasteiger partial charge in [0.15, 0.2) is 0 Å². The molecule has 1 unspecified atom stereocenters. The minimum atomic E-state index is -3.94. The van der Waals surface area contributed by atoms with Gasteiger partial charge in [0.2, 0.25) is 10.0 Å². The minimum Gasteiger partial charge on any atom is -0.315 e. The third-order valence-corrected chi connectivity index (χ3v) is 5.67. The number of halogens is 2. The molecule has 7 heteroatoms. The lowest BCUT2D eigenvalue weighted by molar-refractivity contribution is 0.246. The van der Waals surface area contributed by atoms with Crippen molar-refractivity contribution in [1.82, 2.24) is 9.62 Å². The summed E-state index contributed by atoms with van der Waals surface area (Å²) in [5.41, 5.74) is 0. The van der Waals surface area contributed by atoms with Gasteiger partial charge in [-0.05, 0) is 31.5 Å². The fourth-order valence-corrected chi connectivity index (χ4v) is 4.36. The van der Waals surface area contributed by atoms with Crippen LogP contribution < -0.4 is 5.32 Å². The molecule has 4 nitrogen and oxygen atoms in total. The first-order chi connectivity index (χ1) is 9.96. The number of nitrogens with one attached hydrogen (secondary N) is 1. The SMILES string of the molecule is CCNCC1CCCCN1S(=O)(=O)c1ccc(F)cc1F. The van der Waals surface area contributed by atoms with Crippen LogP contribution in [0.1, 0.15) is 26.2 Å². The molecule has 21 heavy (non-hydrogen) atoms. The Bertz CT molecular complexity index is 593. The van der Waals surface area contributed by atoms with E-state index in [-0.39, 0.29) is 6.04 Å². The van der Waals surface area contributed by atoms with Crippen molar-refractivity contribution < 1.29 is 17.2 Å². The summed E-state index contributed by atoms with van der Waals surface area (Å²) in [6, 6.07) is 2.39. The summed E-state index contributed by atoms with van der Waals surface area (Å²) in [4.78, 5) is -0.452. The predicted molar refractivity (Wildman–Crippen MR) is 76.4 cm³/mol. The summed E-state index contributed by atoms with van der Waals surface area (Å²) in [5.74, 6) is -1.82. The molecule has 0 spiro atoms. The van der Waals surface area contributed by atoms with E-state index in [2.05, 4.69) is 5.32 Å². The molecular weight excluding hydrogens is 298 g/mol. The van der Waals surface area contributed by atoms with Crippen molar-refractivity contribution in [2.45, 2.75) is 37.1 Å². The number of rotatable bonds is 5. The quantitative estimate of drug-likeness (QED) is 0.905. The van der Waals surface area contributed by atoms with Crippen molar-refractivity contribution >= 4 is 10.0 Å². The lowest BCUT2D eigenvalue weighted by Crippen LogP contribution is -2.48. The zero-order chi connectivity index (χ0) is 15.5. The van der Waals surface area contributed by atoms with Gasteiger partial charge in [-0.1, -0.05) is 13.3 Å². The average molecular weight is 318 g/mol. The van der Waals surface area contributed by atoms with Crippen molar-refractivity contribution in [2.75, 3.05) is 19.6 Å². The van der Waals surface area contributed by atoms with Crippen LogP contribution in [0.2, 0.25) is 0 Å². The molecule has 0 aliphatic carbocycles. The van der Waals surface area contributed by atoms with Gasteiger partial charge in [-0.15, -0.1) is 0 Å². The zero-order valence-electron chi connectivity index (χ0n) is 12.0. The van der Waals surface area contributed by atoms with Crippen molar-refractivity contribution in [3.63, 3.8) is 0 Å². The summed E-state index contributed by atoms with van der Waals surface area (Å²) in [7, 11) is -3.94. The Morgan fingerprint density at radius 2 is 2.10 bits per heavy atom. The molecule has 1 aliphatic heterocycles. The van der Waals surface area contributed by atoms with Crippen LogP contribution in [0.25, 0.3) is 0 Å². The van der Waals surface area contributed by atoms with Gasteiger partial charge in [0, 0.05) is 25.2 Å². The van der Waals surface area contributed by atoms with Crippen LogP contribution in [0.4, 0.5) is 8.78 Å². The highest BCUT2D eigenvalue weighted by molar-refractivity contribution is 7.89. The third-order valence-electron chi connectivity index (χ3n) is 3.68. The first-order valence-electron chi connectivity index (χ1n) is 7.14. The second kappa shape index (κ2) is 6.81. The fraction of sp³-hybridized carbons (Fsp3) is 0.571. The van der Waals surface area contributed by atoms with Gasteiger partial charge in [-0.2, -0.15) is 4.31 Å². The minimum absolute atomic E-state index is 0.187. The molecule has 0 saturated carbocycles. The predicted octanol–water partition coefficient (Wildman–Crippen LogP) is 2.12. The van der Waals surface area contributed by atoms with E-state index < -0.39 is 26.6 Å². The van der Waals surface area contributed by atoms with Gasteiger partial charge in [0.05, 0.1) is 0 Å². The molecule has 1 saturated heterocycles. The molecule has 1 N–H and O–H groups in total. The van der Waals surface area contributed by atoms with E-state index in [4.69, 9.17) is 0 Å². The summed E-state index contributed by atoms with van der Waals surface area (Å²) >= 11 is 0. The molecule has 0 bridgehead atoms. The van der Waals surface area contributed by atoms with Crippen LogP contribution in [0.15, 0.2) is 23.1 Å². The Hall–Kier alpha value is -1.05. The van der Waals surface area contributed by atoms with Gasteiger partial charge in [-0.25, -0.2) is 17.2 Å². The van der Waals surface area contributed by atoms with Crippen molar-refractivity contribution in [3.8, 4) is 0 Å². The molecule has 1 fully saturated rings. The Kier molecular flexibility index (Phi) is 5.29. The van der Waals surface area contributed by atoms with E-state index in [0.717, 1.165) is 37.9 Å². The maximum atomic E-state index is 13.8. The smallest absolute Gasteiger partial charge is 0.246 e. The number of hydrogen-bond donors (Lipinski definition) is 1. The summed E-state index contributed by atoms with van der Waals surface area (Å²) in [5, 5.41) is 3.14. The molecular formula is C14H20F2N2O2S. The lowest BCUT2D eigenvalue weighted by atomic mass is 10.1. The Balaban J connectivity index is 2.31. The molecule has 1 heterocycles. The zero-order valence-corrected chi connectivity index (χ0v) is 12.8. The second-order valence-corrected chi connectivity index (χ2v) is 7.01. The standard InChI is InChI=1S/C14H20F2N2O2S/c1-2-17-10-12-5-3-4-8-18(12)21(19,20)14-7-6-11(15)9-13(14)16/h6-7,9,12,17H,2-5,8,10H2,1H3. The van der Waals surface area contributed by atoms with Crippen LogP contribution in [-0.4, -0.2) is 38.4 Å². The monoisotopic (exact) mass is 318 g/mol. The fourth-order valence-electron chi connectivity index (χ4n) is 2.62. The van der Waals surface area contributed by atoms with Crippen molar-refractivity contribution in [1.29, 1.82) is 0 Å². The number of likely N-dealkylation sites (N-methyl/N-ethyl adjacent to an activating group) is 1. The van der Waals surface area contributed by atoms with Crippen LogP contribution in [0.3, 0.4) is 0 Å². The van der Waals surface area contributed by atoms with Gasteiger partial charge >= 0.3 is 0 Å². The Morgan fingerprint density at radius 1 is 1.33 bits per heavy atom. The van der Waals surface area contributed by atoms with Gasteiger partial charge in [-0.3, -0.25) is 0 Å². The van der Waals surface area contributed by atoms with E-state index in [1.807, 2.05) is 6.92 Å². The van der Waals surface area contributed by atoms with E-state index in [1.165, 1.54) is 4.31 Å². The normalized spacial score (nSPS) is 20.6. The molecule has 1 aromatic carbocycles. The van der Waals surface area contributed by atoms with Crippen LogP contribution >= 0.6 is 0 Å². The average Bonchev–Trinajstić information content (AvgIpc) is 2.45. The second-order valence-electron chi connectivity index (χ2n) is 5.15. The molecule has 1 atom stereocenters. The van der Waals surface area contributed by atoms with E-state index in [9.17, 15) is 17.2 Å². The van der Waals surface area contributed by atoms with Crippen molar-refractivity contribution in [3.05, 3.63) is 29.8 Å². The highest BCUT2D eigenvalue weighted by Crippen LogP contribution is 2.26. The largest absolute Gasteiger partial charge is 0.315 e. The number of benzene rings is 1.